The Morgan fingerprint density at radius 3 is 1.38 bits per heavy atom. The van der Waals surface area contributed by atoms with E-state index >= 15 is 0 Å². The fourth-order valence-corrected chi connectivity index (χ4v) is 0.505. The van der Waals surface area contributed by atoms with Crippen molar-refractivity contribution in [3.05, 3.63) is 0 Å². The summed E-state index contributed by atoms with van der Waals surface area (Å²) in [4.78, 5) is 31.2. The summed E-state index contributed by atoms with van der Waals surface area (Å²) in [6.45, 7) is 1.56. The molecule has 0 bridgehead atoms. The van der Waals surface area contributed by atoms with Crippen molar-refractivity contribution in [1.29, 1.82) is 0 Å². The molecule has 0 aromatic heterocycles. The monoisotopic (exact) mass is 238 g/mol. The molecule has 0 unspecified atom stereocenters. The average molecular weight is 238 g/mol. The maximum Gasteiger partial charge on any atom is 0.469 e. The van der Waals surface area contributed by atoms with E-state index < -0.39 is 15.6 Å². The summed E-state index contributed by atoms with van der Waals surface area (Å²) in [7, 11) is -7.37. The quantitative estimate of drug-likeness (QED) is 0.498. The molecule has 0 radical (unpaired) electrons. The van der Waals surface area contributed by atoms with Gasteiger partial charge < -0.3 is 19.6 Å². The van der Waals surface area contributed by atoms with Crippen LogP contribution in [0.25, 0.3) is 0 Å². The SMILES string of the molecule is CCOP(=O)(O)O.COP(=O)(O)O. The largest absolute Gasteiger partial charge is 0.469 e. The second-order valence-electron chi connectivity index (χ2n) is 1.58. The van der Waals surface area contributed by atoms with Gasteiger partial charge in [0.25, 0.3) is 0 Å². The van der Waals surface area contributed by atoms with Gasteiger partial charge in [0.2, 0.25) is 0 Å². The molecular formula is C3H12O8P2. The van der Waals surface area contributed by atoms with E-state index in [1.54, 1.807) is 0 Å². The highest BCUT2D eigenvalue weighted by molar-refractivity contribution is 7.46. The molecule has 0 saturated carbocycles. The van der Waals surface area contributed by atoms with Crippen LogP contribution in [0.15, 0.2) is 0 Å². The Morgan fingerprint density at radius 2 is 1.38 bits per heavy atom. The summed E-state index contributed by atoms with van der Waals surface area (Å²) in [6, 6.07) is 0. The van der Waals surface area contributed by atoms with Gasteiger partial charge in [-0.2, -0.15) is 0 Å². The number of phosphoric ester groups is 2. The van der Waals surface area contributed by atoms with Gasteiger partial charge in [-0.3, -0.25) is 9.05 Å². The van der Waals surface area contributed by atoms with Crippen molar-refractivity contribution >= 4 is 15.6 Å². The van der Waals surface area contributed by atoms with Crippen molar-refractivity contribution in [2.24, 2.45) is 0 Å². The van der Waals surface area contributed by atoms with Crippen LogP contribution in [0.1, 0.15) is 6.92 Å². The zero-order valence-electron chi connectivity index (χ0n) is 7.02. The van der Waals surface area contributed by atoms with Crippen LogP contribution in [0.2, 0.25) is 0 Å². The van der Waals surface area contributed by atoms with Crippen LogP contribution in [-0.4, -0.2) is 33.3 Å². The predicted molar refractivity (Wildman–Crippen MR) is 42.7 cm³/mol. The molecule has 0 aliphatic heterocycles. The van der Waals surface area contributed by atoms with Gasteiger partial charge in [0.15, 0.2) is 0 Å². The molecule has 0 amide bonds. The third kappa shape index (κ3) is 24.5. The van der Waals surface area contributed by atoms with Crippen molar-refractivity contribution in [1.82, 2.24) is 0 Å². The van der Waals surface area contributed by atoms with Gasteiger partial charge >= 0.3 is 15.6 Å². The Labute approximate surface area is 75.0 Å². The molecule has 82 valence electrons. The minimum Gasteiger partial charge on any atom is -0.303 e. The molecule has 0 fully saturated rings. The zero-order chi connectivity index (χ0) is 11.1. The van der Waals surface area contributed by atoms with Gasteiger partial charge in [0.05, 0.1) is 6.61 Å². The van der Waals surface area contributed by atoms with E-state index in [2.05, 4.69) is 9.05 Å². The molecule has 0 saturated heterocycles. The van der Waals surface area contributed by atoms with E-state index in [-0.39, 0.29) is 6.61 Å². The molecular weight excluding hydrogens is 226 g/mol. The lowest BCUT2D eigenvalue weighted by Gasteiger charge is -1.98. The first-order chi connectivity index (χ1) is 5.62. The third-order valence-corrected chi connectivity index (χ3v) is 1.61. The lowest BCUT2D eigenvalue weighted by Crippen LogP contribution is -1.84. The van der Waals surface area contributed by atoms with Crippen LogP contribution in [0, 0.1) is 0 Å². The van der Waals surface area contributed by atoms with E-state index in [1.165, 1.54) is 6.92 Å². The number of phosphoric acid groups is 2. The number of hydrogen-bond donors (Lipinski definition) is 4. The second kappa shape index (κ2) is 6.64. The Balaban J connectivity index is 0. The van der Waals surface area contributed by atoms with E-state index in [0.29, 0.717) is 0 Å². The predicted octanol–water partition coefficient (Wildman–Crippen LogP) is -0.159. The highest BCUT2D eigenvalue weighted by Crippen LogP contribution is 2.35. The third-order valence-electron chi connectivity index (χ3n) is 0.535. The summed E-state index contributed by atoms with van der Waals surface area (Å²) in [5, 5.41) is 0. The van der Waals surface area contributed by atoms with Crippen molar-refractivity contribution < 1.29 is 37.8 Å². The normalized spacial score (nSPS) is 11.8. The average Bonchev–Trinajstić information content (AvgIpc) is 1.84. The Morgan fingerprint density at radius 1 is 1.08 bits per heavy atom. The first kappa shape index (κ1) is 15.7. The van der Waals surface area contributed by atoms with Gasteiger partial charge in [-0.1, -0.05) is 0 Å². The fourth-order valence-electron chi connectivity index (χ4n) is 0.168. The first-order valence-electron chi connectivity index (χ1n) is 2.93. The summed E-state index contributed by atoms with van der Waals surface area (Å²) < 4.78 is 26.7. The Kier molecular flexibility index (Phi) is 8.01. The molecule has 0 aliphatic carbocycles. The Hall–Kier alpha value is 0.220. The van der Waals surface area contributed by atoms with E-state index in [0.717, 1.165) is 7.11 Å². The highest BCUT2D eigenvalue weighted by atomic mass is 31.2. The van der Waals surface area contributed by atoms with Crippen LogP contribution in [0.3, 0.4) is 0 Å². The van der Waals surface area contributed by atoms with Crippen molar-refractivity contribution in [2.45, 2.75) is 6.92 Å². The molecule has 0 heterocycles. The lowest BCUT2D eigenvalue weighted by atomic mass is 10.9. The lowest BCUT2D eigenvalue weighted by molar-refractivity contribution is 0.206. The molecule has 4 N–H and O–H groups in total. The summed E-state index contributed by atoms with van der Waals surface area (Å²) in [5.41, 5.74) is 0. The smallest absolute Gasteiger partial charge is 0.303 e. The molecule has 0 spiro atoms. The fraction of sp³-hybridized carbons (Fsp3) is 1.00. The molecule has 13 heavy (non-hydrogen) atoms. The maximum absolute atomic E-state index is 9.70. The van der Waals surface area contributed by atoms with E-state index in [9.17, 15) is 9.13 Å². The topological polar surface area (TPSA) is 134 Å². The minimum absolute atomic E-state index is 0.0459. The highest BCUT2D eigenvalue weighted by Gasteiger charge is 2.10. The molecule has 10 heteroatoms. The van der Waals surface area contributed by atoms with Crippen molar-refractivity contribution in [3.63, 3.8) is 0 Å². The van der Waals surface area contributed by atoms with Crippen molar-refractivity contribution in [3.8, 4) is 0 Å². The van der Waals surface area contributed by atoms with Gasteiger partial charge in [-0.05, 0) is 6.92 Å². The van der Waals surface area contributed by atoms with Crippen LogP contribution < -0.4 is 0 Å². The maximum atomic E-state index is 9.70. The summed E-state index contributed by atoms with van der Waals surface area (Å²) in [6.07, 6.45) is 0. The van der Waals surface area contributed by atoms with Crippen LogP contribution in [-0.2, 0) is 18.2 Å². The first-order valence-corrected chi connectivity index (χ1v) is 5.99. The molecule has 0 atom stereocenters. The van der Waals surface area contributed by atoms with Gasteiger partial charge in [-0.15, -0.1) is 0 Å². The molecule has 8 nitrogen and oxygen atoms in total. The van der Waals surface area contributed by atoms with E-state index in [1.807, 2.05) is 0 Å². The second-order valence-corrected chi connectivity index (χ2v) is 4.17. The zero-order valence-corrected chi connectivity index (χ0v) is 8.81. The number of hydrogen-bond acceptors (Lipinski definition) is 4. The minimum atomic E-state index is -4.17. The van der Waals surface area contributed by atoms with Gasteiger partial charge in [0, 0.05) is 7.11 Å². The molecule has 0 rings (SSSR count). The molecule has 0 aliphatic rings. The number of rotatable bonds is 3. The van der Waals surface area contributed by atoms with Crippen molar-refractivity contribution in [2.75, 3.05) is 13.7 Å². The van der Waals surface area contributed by atoms with Gasteiger partial charge in [0.1, 0.15) is 0 Å². The Bertz CT molecular complexity index is 201. The van der Waals surface area contributed by atoms with Gasteiger partial charge in [-0.25, -0.2) is 9.13 Å². The molecule has 0 aromatic rings. The standard InChI is InChI=1S/C2H7O4P.CH5O4P/c1-2-6-7(3,4)5;1-5-6(2,3)4/h2H2,1H3,(H2,3,4,5);1H3,(H2,2,3,4). The van der Waals surface area contributed by atoms with Crippen LogP contribution in [0.5, 0.6) is 0 Å². The summed E-state index contributed by atoms with van der Waals surface area (Å²) in [5.74, 6) is 0. The molecule has 0 aromatic carbocycles. The van der Waals surface area contributed by atoms with E-state index in [4.69, 9.17) is 19.6 Å². The summed E-state index contributed by atoms with van der Waals surface area (Å²) >= 11 is 0. The van der Waals surface area contributed by atoms with Crippen LogP contribution in [0.4, 0.5) is 0 Å². The van der Waals surface area contributed by atoms with Crippen LogP contribution >= 0.6 is 15.6 Å².